The van der Waals surface area contributed by atoms with Crippen LogP contribution in [0.2, 0.25) is 0 Å². The summed E-state index contributed by atoms with van der Waals surface area (Å²) in [6.45, 7) is 19.5. The molecule has 2 aromatic rings. The molecule has 0 atom stereocenters. The van der Waals surface area contributed by atoms with Gasteiger partial charge in [0.05, 0.1) is 7.11 Å². The summed E-state index contributed by atoms with van der Waals surface area (Å²) >= 11 is 0. The van der Waals surface area contributed by atoms with Crippen molar-refractivity contribution in [1.29, 1.82) is 0 Å². The highest BCUT2D eigenvalue weighted by Crippen LogP contribution is 2.38. The zero-order valence-electron chi connectivity index (χ0n) is 22.9. The fourth-order valence-corrected chi connectivity index (χ4v) is 5.43. The molecule has 1 N–H and O–H groups in total. The molecule has 3 heteroatoms. The Morgan fingerprint density at radius 2 is 1.44 bits per heavy atom. The van der Waals surface area contributed by atoms with Crippen molar-refractivity contribution in [3.8, 4) is 11.5 Å². The Kier molecular flexibility index (Phi) is 8.07. The van der Waals surface area contributed by atoms with Gasteiger partial charge < -0.3 is 14.7 Å². The Morgan fingerprint density at radius 1 is 0.824 bits per heavy atom. The molecule has 2 aromatic carbocycles. The lowest BCUT2D eigenvalue weighted by molar-refractivity contribution is 0.247. The Hall–Kier alpha value is -2.00. The van der Waals surface area contributed by atoms with Crippen molar-refractivity contribution in [3.05, 3.63) is 58.7 Å². The summed E-state index contributed by atoms with van der Waals surface area (Å²) in [5, 5.41) is 10.7. The van der Waals surface area contributed by atoms with Gasteiger partial charge in [0.1, 0.15) is 11.5 Å². The molecule has 1 aliphatic rings. The summed E-state index contributed by atoms with van der Waals surface area (Å²) in [6, 6.07) is 12.9. The molecule has 0 radical (unpaired) electrons. The van der Waals surface area contributed by atoms with Crippen molar-refractivity contribution in [1.82, 2.24) is 4.90 Å². The predicted molar refractivity (Wildman–Crippen MR) is 144 cm³/mol. The smallest absolute Gasteiger partial charge is 0.122 e. The summed E-state index contributed by atoms with van der Waals surface area (Å²) in [6.07, 6.45) is 5.83. The molecule has 1 aliphatic heterocycles. The van der Waals surface area contributed by atoms with E-state index in [4.69, 9.17) is 4.74 Å². The van der Waals surface area contributed by atoms with Crippen LogP contribution in [-0.2, 0) is 23.7 Å². The van der Waals surface area contributed by atoms with E-state index in [1.54, 1.807) is 7.11 Å². The minimum atomic E-state index is -0.128. The van der Waals surface area contributed by atoms with Crippen LogP contribution in [0, 0.1) is 5.41 Å². The molecule has 3 rings (SSSR count). The van der Waals surface area contributed by atoms with E-state index in [0.29, 0.717) is 5.75 Å². The number of benzene rings is 2. The monoisotopic (exact) mass is 465 g/mol. The summed E-state index contributed by atoms with van der Waals surface area (Å²) in [5.74, 6) is 1.33. The number of methoxy groups -OCH3 is 1. The van der Waals surface area contributed by atoms with Gasteiger partial charge in [0, 0.05) is 5.56 Å². The lowest BCUT2D eigenvalue weighted by Gasteiger charge is -2.31. The second kappa shape index (κ2) is 10.3. The summed E-state index contributed by atoms with van der Waals surface area (Å²) < 4.78 is 5.80. The molecule has 0 saturated carbocycles. The van der Waals surface area contributed by atoms with E-state index in [1.165, 1.54) is 50.0 Å². The normalized spacial score (nSPS) is 15.6. The Labute approximate surface area is 208 Å². The van der Waals surface area contributed by atoms with Crippen LogP contribution in [0.1, 0.15) is 90.0 Å². The van der Waals surface area contributed by atoms with Crippen molar-refractivity contribution in [2.45, 2.75) is 91.4 Å². The summed E-state index contributed by atoms with van der Waals surface area (Å²) in [5.41, 5.74) is 4.81. The molecule has 0 bridgehead atoms. The lowest BCUT2D eigenvalue weighted by Crippen LogP contribution is -2.27. The first-order chi connectivity index (χ1) is 15.8. The van der Waals surface area contributed by atoms with Crippen LogP contribution in [0.15, 0.2) is 36.4 Å². The van der Waals surface area contributed by atoms with Gasteiger partial charge in [0.25, 0.3) is 0 Å². The fraction of sp³-hybridized carbons (Fsp3) is 0.613. The van der Waals surface area contributed by atoms with Gasteiger partial charge in [-0.1, -0.05) is 72.7 Å². The topological polar surface area (TPSA) is 32.7 Å². The minimum absolute atomic E-state index is 0.0722. The molecule has 34 heavy (non-hydrogen) atoms. The third kappa shape index (κ3) is 6.78. The van der Waals surface area contributed by atoms with Gasteiger partial charge in [-0.05, 0) is 96.8 Å². The Morgan fingerprint density at radius 3 is 2.03 bits per heavy atom. The van der Waals surface area contributed by atoms with Crippen LogP contribution in [0.3, 0.4) is 0 Å². The molecule has 1 fully saturated rings. The highest BCUT2D eigenvalue weighted by molar-refractivity contribution is 5.45. The first-order valence-electron chi connectivity index (χ1n) is 13.0. The fourth-order valence-electron chi connectivity index (χ4n) is 5.43. The molecule has 3 nitrogen and oxygen atoms in total. The van der Waals surface area contributed by atoms with E-state index in [2.05, 4.69) is 83.7 Å². The average Bonchev–Trinajstić information content (AvgIpc) is 3.25. The van der Waals surface area contributed by atoms with Crippen molar-refractivity contribution in [2.75, 3.05) is 26.7 Å². The maximum Gasteiger partial charge on any atom is 0.122 e. The number of phenols is 1. The van der Waals surface area contributed by atoms with Crippen LogP contribution in [0.25, 0.3) is 0 Å². The quantitative estimate of drug-likeness (QED) is 0.422. The van der Waals surface area contributed by atoms with E-state index >= 15 is 0 Å². The predicted octanol–water partition coefficient (Wildman–Crippen LogP) is 7.27. The Balaban J connectivity index is 1.79. The number of aromatic hydroxyl groups is 1. The van der Waals surface area contributed by atoms with Gasteiger partial charge in [0.2, 0.25) is 0 Å². The van der Waals surface area contributed by atoms with Crippen molar-refractivity contribution >= 4 is 0 Å². The molecule has 0 aromatic heterocycles. The van der Waals surface area contributed by atoms with Gasteiger partial charge in [-0.25, -0.2) is 0 Å². The van der Waals surface area contributed by atoms with E-state index in [0.717, 1.165) is 29.7 Å². The van der Waals surface area contributed by atoms with Gasteiger partial charge in [-0.15, -0.1) is 0 Å². The SMILES string of the molecule is COc1ccc(CC(C)(C)CCN2CCCC2)cc1C(C)(C)Cc1ccc(C(C)(C)C)c(O)c1. The second-order valence-corrected chi connectivity index (χ2v) is 12.8. The maximum absolute atomic E-state index is 10.7. The largest absolute Gasteiger partial charge is 0.508 e. The molecular formula is C31H47NO2. The molecule has 0 spiro atoms. The van der Waals surface area contributed by atoms with Crippen molar-refractivity contribution < 1.29 is 9.84 Å². The molecular weight excluding hydrogens is 418 g/mol. The lowest BCUT2D eigenvalue weighted by atomic mass is 9.76. The molecule has 1 saturated heterocycles. The van der Waals surface area contributed by atoms with Gasteiger partial charge in [-0.2, -0.15) is 0 Å². The van der Waals surface area contributed by atoms with E-state index < -0.39 is 0 Å². The van der Waals surface area contributed by atoms with Crippen LogP contribution >= 0.6 is 0 Å². The number of likely N-dealkylation sites (tertiary alicyclic amines) is 1. The van der Waals surface area contributed by atoms with Gasteiger partial charge in [-0.3, -0.25) is 0 Å². The molecule has 188 valence electrons. The third-order valence-corrected chi connectivity index (χ3v) is 7.50. The van der Waals surface area contributed by atoms with Crippen molar-refractivity contribution in [3.63, 3.8) is 0 Å². The molecule has 0 aliphatic carbocycles. The average molecular weight is 466 g/mol. The van der Waals surface area contributed by atoms with Crippen LogP contribution in [0.4, 0.5) is 0 Å². The molecule has 1 heterocycles. The number of rotatable bonds is 9. The van der Waals surface area contributed by atoms with Gasteiger partial charge >= 0.3 is 0 Å². The number of phenolic OH excluding ortho intramolecular Hbond substituents is 1. The second-order valence-electron chi connectivity index (χ2n) is 12.8. The standard InChI is InChI=1S/C31H47NO2/c1-29(2,3)25-13-11-24(20-27(25)33)22-31(6,7)26-19-23(12-14-28(26)34-8)21-30(4,5)15-18-32-16-9-10-17-32/h11-14,19-20,33H,9-10,15-18,21-22H2,1-8H3. The maximum atomic E-state index is 10.7. The number of ether oxygens (including phenoxy) is 1. The zero-order valence-corrected chi connectivity index (χ0v) is 22.9. The van der Waals surface area contributed by atoms with Crippen LogP contribution in [-0.4, -0.2) is 36.8 Å². The molecule has 0 amide bonds. The first-order valence-corrected chi connectivity index (χ1v) is 13.0. The van der Waals surface area contributed by atoms with Crippen LogP contribution in [0.5, 0.6) is 11.5 Å². The zero-order chi connectivity index (χ0) is 25.1. The van der Waals surface area contributed by atoms with E-state index in [1.807, 2.05) is 6.07 Å². The van der Waals surface area contributed by atoms with Gasteiger partial charge in [0.15, 0.2) is 0 Å². The highest BCUT2D eigenvalue weighted by Gasteiger charge is 2.28. The van der Waals surface area contributed by atoms with Crippen LogP contribution < -0.4 is 4.74 Å². The third-order valence-electron chi connectivity index (χ3n) is 7.50. The number of hydrogen-bond acceptors (Lipinski definition) is 3. The number of hydrogen-bond donors (Lipinski definition) is 1. The minimum Gasteiger partial charge on any atom is -0.508 e. The van der Waals surface area contributed by atoms with E-state index in [-0.39, 0.29) is 16.2 Å². The Bertz CT molecular complexity index is 962. The first kappa shape index (κ1) is 26.6. The van der Waals surface area contributed by atoms with E-state index in [9.17, 15) is 5.11 Å². The molecule has 0 unspecified atom stereocenters. The number of nitrogens with zero attached hydrogens (tertiary/aromatic N) is 1. The van der Waals surface area contributed by atoms with Crippen molar-refractivity contribution in [2.24, 2.45) is 5.41 Å². The summed E-state index contributed by atoms with van der Waals surface area (Å²) in [7, 11) is 1.76. The summed E-state index contributed by atoms with van der Waals surface area (Å²) in [4.78, 5) is 2.62. The highest BCUT2D eigenvalue weighted by atomic mass is 16.5.